The van der Waals surface area contributed by atoms with Gasteiger partial charge in [-0.1, -0.05) is 32.0 Å². The van der Waals surface area contributed by atoms with Gasteiger partial charge in [0, 0.05) is 29.8 Å². The fourth-order valence-electron chi connectivity index (χ4n) is 3.43. The van der Waals surface area contributed by atoms with Crippen molar-refractivity contribution in [3.05, 3.63) is 66.0 Å². The van der Waals surface area contributed by atoms with Crippen molar-refractivity contribution in [3.8, 4) is 22.9 Å². The molecule has 0 aliphatic rings. The van der Waals surface area contributed by atoms with Crippen LogP contribution in [0.25, 0.3) is 16.9 Å². The first-order valence-corrected chi connectivity index (χ1v) is 11.4. The number of nitrogens with one attached hydrogen (secondary N) is 2. The second-order valence-electron chi connectivity index (χ2n) is 8.41. The lowest BCUT2D eigenvalue weighted by Crippen LogP contribution is -2.25. The van der Waals surface area contributed by atoms with Crippen LogP contribution in [0.15, 0.2) is 54.9 Å². The molecule has 13 heteroatoms. The molecule has 4 rings (SSSR count). The lowest BCUT2D eigenvalue weighted by atomic mass is 10.1. The molecular formula is C25H23F3N6O4. The second-order valence-corrected chi connectivity index (χ2v) is 8.41. The Bertz CT molecular complexity index is 1490. The number of aromatic nitrogens is 4. The van der Waals surface area contributed by atoms with E-state index in [9.17, 15) is 22.8 Å². The molecule has 1 aromatic carbocycles. The summed E-state index contributed by atoms with van der Waals surface area (Å²) in [5, 5.41) is 9.76. The molecule has 0 saturated heterocycles. The Labute approximate surface area is 214 Å². The number of alkyl halides is 3. The van der Waals surface area contributed by atoms with Crippen LogP contribution < -0.4 is 20.1 Å². The summed E-state index contributed by atoms with van der Waals surface area (Å²) in [6, 6.07) is 10.4. The van der Waals surface area contributed by atoms with Crippen molar-refractivity contribution in [2.24, 2.45) is 5.92 Å². The second kappa shape index (κ2) is 10.7. The summed E-state index contributed by atoms with van der Waals surface area (Å²) in [6.45, 7) is 3.30. The number of anilines is 1. The third kappa shape index (κ3) is 6.17. The van der Waals surface area contributed by atoms with Crippen LogP contribution in [0.1, 0.15) is 29.8 Å². The van der Waals surface area contributed by atoms with E-state index >= 15 is 0 Å². The molecule has 0 bridgehead atoms. The molecule has 4 aromatic rings. The Hall–Kier alpha value is -4.68. The van der Waals surface area contributed by atoms with Crippen LogP contribution >= 0.6 is 0 Å². The van der Waals surface area contributed by atoms with Crippen molar-refractivity contribution in [3.63, 3.8) is 0 Å². The average molecular weight is 528 g/mol. The van der Waals surface area contributed by atoms with Crippen LogP contribution in [0, 0.1) is 5.92 Å². The maximum Gasteiger partial charge on any atom is 0.573 e. The van der Waals surface area contributed by atoms with Gasteiger partial charge in [-0.2, -0.15) is 5.10 Å². The number of imidazole rings is 1. The predicted octanol–water partition coefficient (Wildman–Crippen LogP) is 4.22. The van der Waals surface area contributed by atoms with Gasteiger partial charge in [0.05, 0.1) is 19.0 Å². The zero-order valence-electron chi connectivity index (χ0n) is 20.5. The summed E-state index contributed by atoms with van der Waals surface area (Å²) < 4.78 is 48.9. The Morgan fingerprint density at radius 3 is 2.61 bits per heavy atom. The zero-order chi connectivity index (χ0) is 27.4. The molecule has 0 unspecified atom stereocenters. The SMILES string of the molecule is COc1ncc(-c2ccc3nc(NC(=O)C(C)C)cn3n2)cc1C(=O)NCc1ccccc1OC(F)(F)F. The summed E-state index contributed by atoms with van der Waals surface area (Å²) in [6.07, 6.45) is -1.84. The molecule has 3 heterocycles. The standard InChI is InChI=1S/C25H23F3N6O4/c1-14(2)22(35)32-20-13-34-21(31-20)9-8-18(33-34)16-10-17(24(37-3)30-12-16)23(36)29-11-15-6-4-5-7-19(15)38-25(26,27)28/h4-10,12-14H,11H2,1-3H3,(H,29,36)(H,32,35). The molecule has 3 aromatic heterocycles. The number of hydrogen-bond acceptors (Lipinski definition) is 7. The number of rotatable bonds is 8. The molecule has 0 fully saturated rings. The van der Waals surface area contributed by atoms with Crippen LogP contribution in [-0.2, 0) is 11.3 Å². The van der Waals surface area contributed by atoms with Gasteiger partial charge in [-0.25, -0.2) is 14.5 Å². The normalized spacial score (nSPS) is 11.4. The smallest absolute Gasteiger partial charge is 0.480 e. The maximum atomic E-state index is 13.0. The van der Waals surface area contributed by atoms with E-state index < -0.39 is 18.0 Å². The highest BCUT2D eigenvalue weighted by Crippen LogP contribution is 2.27. The molecule has 10 nitrogen and oxygen atoms in total. The number of hydrogen-bond donors (Lipinski definition) is 2. The Morgan fingerprint density at radius 1 is 1.13 bits per heavy atom. The van der Waals surface area contributed by atoms with E-state index in [1.807, 2.05) is 0 Å². The molecule has 0 spiro atoms. The number of pyridine rings is 1. The number of fused-ring (bicyclic) bond motifs is 1. The summed E-state index contributed by atoms with van der Waals surface area (Å²) in [5.74, 6) is -1.08. The van der Waals surface area contributed by atoms with E-state index in [1.54, 1.807) is 32.2 Å². The first kappa shape index (κ1) is 26.4. The lowest BCUT2D eigenvalue weighted by molar-refractivity contribution is -0.274. The van der Waals surface area contributed by atoms with E-state index in [1.165, 1.54) is 42.1 Å². The van der Waals surface area contributed by atoms with E-state index in [0.29, 0.717) is 22.7 Å². The molecule has 2 N–H and O–H groups in total. The number of para-hydroxylation sites is 1. The molecule has 0 saturated carbocycles. The first-order valence-electron chi connectivity index (χ1n) is 11.4. The molecule has 0 aliphatic heterocycles. The monoisotopic (exact) mass is 528 g/mol. The van der Waals surface area contributed by atoms with Gasteiger partial charge in [0.25, 0.3) is 5.91 Å². The predicted molar refractivity (Wildman–Crippen MR) is 131 cm³/mol. The largest absolute Gasteiger partial charge is 0.573 e. The molecule has 0 atom stereocenters. The van der Waals surface area contributed by atoms with Crippen molar-refractivity contribution >= 4 is 23.3 Å². The summed E-state index contributed by atoms with van der Waals surface area (Å²) in [7, 11) is 1.34. The number of carbonyl (C=O) groups is 2. The Kier molecular flexibility index (Phi) is 7.46. The molecule has 0 aliphatic carbocycles. The highest BCUT2D eigenvalue weighted by molar-refractivity contribution is 5.97. The van der Waals surface area contributed by atoms with Gasteiger partial charge in [0.15, 0.2) is 11.5 Å². The van der Waals surface area contributed by atoms with E-state index in [0.717, 1.165) is 6.07 Å². The van der Waals surface area contributed by atoms with Crippen molar-refractivity contribution in [2.45, 2.75) is 26.8 Å². The number of carbonyl (C=O) groups excluding carboxylic acids is 2. The van der Waals surface area contributed by atoms with Crippen LogP contribution in [0.5, 0.6) is 11.6 Å². The summed E-state index contributed by atoms with van der Waals surface area (Å²) in [4.78, 5) is 33.4. The van der Waals surface area contributed by atoms with Gasteiger partial charge in [-0.05, 0) is 24.3 Å². The minimum atomic E-state index is -4.87. The van der Waals surface area contributed by atoms with Gasteiger partial charge in [-0.3, -0.25) is 9.59 Å². The molecule has 198 valence electrons. The van der Waals surface area contributed by atoms with Crippen molar-refractivity contribution in [1.82, 2.24) is 24.9 Å². The molecule has 2 amide bonds. The quantitative estimate of drug-likeness (QED) is 0.351. The third-order valence-corrected chi connectivity index (χ3v) is 5.32. The van der Waals surface area contributed by atoms with Crippen molar-refractivity contribution < 1.29 is 32.2 Å². The highest BCUT2D eigenvalue weighted by atomic mass is 19.4. The zero-order valence-corrected chi connectivity index (χ0v) is 20.5. The van der Waals surface area contributed by atoms with Crippen LogP contribution in [-0.4, -0.2) is 44.9 Å². The van der Waals surface area contributed by atoms with Gasteiger partial charge in [0.1, 0.15) is 11.3 Å². The molecular weight excluding hydrogens is 505 g/mol. The summed E-state index contributed by atoms with van der Waals surface area (Å²) in [5.41, 5.74) is 1.60. The fourth-order valence-corrected chi connectivity index (χ4v) is 3.43. The average Bonchev–Trinajstić information content (AvgIpc) is 3.28. The van der Waals surface area contributed by atoms with Crippen LogP contribution in [0.4, 0.5) is 19.0 Å². The van der Waals surface area contributed by atoms with Gasteiger partial charge >= 0.3 is 6.36 Å². The van der Waals surface area contributed by atoms with Crippen LogP contribution in [0.2, 0.25) is 0 Å². The number of ether oxygens (including phenoxy) is 2. The number of methoxy groups -OCH3 is 1. The van der Waals surface area contributed by atoms with Gasteiger partial charge in [0.2, 0.25) is 11.8 Å². The summed E-state index contributed by atoms with van der Waals surface area (Å²) >= 11 is 0. The van der Waals surface area contributed by atoms with E-state index in [-0.39, 0.29) is 35.4 Å². The van der Waals surface area contributed by atoms with Crippen LogP contribution in [0.3, 0.4) is 0 Å². The number of nitrogens with zero attached hydrogens (tertiary/aromatic N) is 4. The van der Waals surface area contributed by atoms with Crippen molar-refractivity contribution in [1.29, 1.82) is 0 Å². The first-order chi connectivity index (χ1) is 18.0. The fraction of sp³-hybridized carbons (Fsp3) is 0.240. The number of amides is 2. The van der Waals surface area contributed by atoms with E-state index in [2.05, 4.69) is 30.4 Å². The van der Waals surface area contributed by atoms with E-state index in [4.69, 9.17) is 4.74 Å². The number of halogens is 3. The van der Waals surface area contributed by atoms with Crippen molar-refractivity contribution in [2.75, 3.05) is 12.4 Å². The maximum absolute atomic E-state index is 13.0. The number of benzene rings is 1. The topological polar surface area (TPSA) is 120 Å². The minimum absolute atomic E-state index is 0.0217. The lowest BCUT2D eigenvalue weighted by Gasteiger charge is -2.14. The Balaban J connectivity index is 1.57. The third-order valence-electron chi connectivity index (χ3n) is 5.32. The molecule has 38 heavy (non-hydrogen) atoms. The highest BCUT2D eigenvalue weighted by Gasteiger charge is 2.32. The van der Waals surface area contributed by atoms with Gasteiger partial charge in [-0.15, -0.1) is 13.2 Å². The van der Waals surface area contributed by atoms with Gasteiger partial charge < -0.3 is 20.1 Å². The molecule has 0 radical (unpaired) electrons. The minimum Gasteiger partial charge on any atom is -0.480 e. The Morgan fingerprint density at radius 2 is 1.89 bits per heavy atom.